The summed E-state index contributed by atoms with van der Waals surface area (Å²) in [4.78, 5) is 5.01. The maximum absolute atomic E-state index is 5.01. The van der Waals surface area contributed by atoms with E-state index in [9.17, 15) is 0 Å². The van der Waals surface area contributed by atoms with Crippen LogP contribution in [0.2, 0.25) is 0 Å². The fourth-order valence-corrected chi connectivity index (χ4v) is 4.30. The van der Waals surface area contributed by atoms with E-state index in [1.54, 1.807) is 0 Å². The first-order chi connectivity index (χ1) is 14.7. The summed E-state index contributed by atoms with van der Waals surface area (Å²) in [5.74, 6) is 0.455. The molecule has 0 fully saturated rings. The summed E-state index contributed by atoms with van der Waals surface area (Å²) in [7, 11) is 2.10. The molecule has 1 aromatic heterocycles. The molecule has 1 heterocycles. The second-order valence-electron chi connectivity index (χ2n) is 10.3. The third-order valence-corrected chi connectivity index (χ3v) is 5.76. The Morgan fingerprint density at radius 3 is 2.19 bits per heavy atom. The number of hydrogen-bond donors (Lipinski definition) is 0. The van der Waals surface area contributed by atoms with E-state index in [1.807, 2.05) is 0 Å². The smallest absolute Gasteiger partial charge is 0.163 e. The van der Waals surface area contributed by atoms with Crippen molar-refractivity contribution in [3.63, 3.8) is 0 Å². The molecule has 0 unspecified atom stereocenters. The van der Waals surface area contributed by atoms with Gasteiger partial charge in [0.15, 0.2) is 7.85 Å². The van der Waals surface area contributed by atoms with Crippen LogP contribution in [0.4, 0.5) is 0 Å². The van der Waals surface area contributed by atoms with Crippen molar-refractivity contribution in [2.45, 2.75) is 47.0 Å². The van der Waals surface area contributed by atoms with Crippen LogP contribution in [-0.4, -0.2) is 12.8 Å². The van der Waals surface area contributed by atoms with Gasteiger partial charge in [-0.25, -0.2) is 0 Å². The van der Waals surface area contributed by atoms with E-state index in [-0.39, 0.29) is 5.41 Å². The van der Waals surface area contributed by atoms with Gasteiger partial charge in [-0.05, 0) is 69.2 Å². The minimum Gasteiger partial charge on any atom is -0.263 e. The van der Waals surface area contributed by atoms with Crippen molar-refractivity contribution in [2.75, 3.05) is 0 Å². The van der Waals surface area contributed by atoms with Crippen LogP contribution < -0.4 is 5.59 Å². The number of pyridine rings is 1. The number of aromatic nitrogens is 1. The molecule has 0 bridgehead atoms. The first-order valence-electron chi connectivity index (χ1n) is 11.3. The summed E-state index contributed by atoms with van der Waals surface area (Å²) < 4.78 is 0. The van der Waals surface area contributed by atoms with Crippen molar-refractivity contribution in [3.05, 3.63) is 83.9 Å². The lowest BCUT2D eigenvalue weighted by Gasteiger charge is -2.19. The average Bonchev–Trinajstić information content (AvgIpc) is 2.72. The number of rotatable bonds is 4. The minimum atomic E-state index is 0.273. The molecule has 0 aliphatic heterocycles. The largest absolute Gasteiger partial charge is 0.263 e. The van der Waals surface area contributed by atoms with Crippen molar-refractivity contribution >= 4 is 24.2 Å². The summed E-state index contributed by atoms with van der Waals surface area (Å²) in [6.45, 7) is 11.4. The van der Waals surface area contributed by atoms with Gasteiger partial charge in [0.05, 0.1) is 5.69 Å². The standard InChI is InChI=1S/C29H32BN/c1-19(2)22-14-23(21-9-7-6-8-10-21)16-25(15-22)28-26-12-11-20(18-29(3,4)5)13-24(26)17-27(30)31-28/h6-17,19H,18,30H2,1-5H3. The van der Waals surface area contributed by atoms with Gasteiger partial charge in [-0.15, -0.1) is 0 Å². The number of nitrogens with zero attached hydrogens (tertiary/aromatic N) is 1. The van der Waals surface area contributed by atoms with E-state index in [1.165, 1.54) is 38.6 Å². The number of hydrogen-bond acceptors (Lipinski definition) is 1. The van der Waals surface area contributed by atoms with Crippen molar-refractivity contribution in [3.8, 4) is 22.4 Å². The van der Waals surface area contributed by atoms with Gasteiger partial charge in [0, 0.05) is 10.9 Å². The lowest BCUT2D eigenvalue weighted by molar-refractivity contribution is 0.411. The summed E-state index contributed by atoms with van der Waals surface area (Å²) in [5, 5.41) is 2.50. The molecule has 4 rings (SSSR count). The fourth-order valence-electron chi connectivity index (χ4n) is 4.30. The molecule has 0 atom stereocenters. The summed E-state index contributed by atoms with van der Waals surface area (Å²) in [6.07, 6.45) is 1.07. The summed E-state index contributed by atoms with van der Waals surface area (Å²) in [5.41, 5.74) is 8.84. The number of benzene rings is 3. The second-order valence-corrected chi connectivity index (χ2v) is 10.3. The topological polar surface area (TPSA) is 12.9 Å². The highest BCUT2D eigenvalue weighted by molar-refractivity contribution is 6.32. The Bertz CT molecular complexity index is 1220. The molecule has 0 radical (unpaired) electrons. The van der Waals surface area contributed by atoms with E-state index < -0.39 is 0 Å². The zero-order chi connectivity index (χ0) is 22.2. The molecular weight excluding hydrogens is 373 g/mol. The quantitative estimate of drug-likeness (QED) is 0.351. The highest BCUT2D eigenvalue weighted by Crippen LogP contribution is 2.34. The van der Waals surface area contributed by atoms with Gasteiger partial charge in [0.25, 0.3) is 0 Å². The lowest BCUT2D eigenvalue weighted by atomic mass is 9.86. The molecule has 1 nitrogen and oxygen atoms in total. The molecule has 0 N–H and O–H groups in total. The van der Waals surface area contributed by atoms with E-state index in [4.69, 9.17) is 4.98 Å². The van der Waals surface area contributed by atoms with E-state index >= 15 is 0 Å². The summed E-state index contributed by atoms with van der Waals surface area (Å²) in [6, 6.07) is 26.7. The molecule has 0 amide bonds. The Labute approximate surface area is 188 Å². The van der Waals surface area contributed by atoms with Crippen LogP contribution in [0, 0.1) is 5.41 Å². The SMILES string of the molecule is Bc1cc2cc(CC(C)(C)C)ccc2c(-c2cc(-c3ccccc3)cc(C(C)C)c2)n1. The molecule has 0 saturated heterocycles. The Morgan fingerprint density at radius 1 is 0.806 bits per heavy atom. The first kappa shape index (κ1) is 21.4. The molecule has 0 saturated carbocycles. The fraction of sp³-hybridized carbons (Fsp3) is 0.276. The Kier molecular flexibility index (Phi) is 5.75. The van der Waals surface area contributed by atoms with Crippen LogP contribution in [0.3, 0.4) is 0 Å². The molecule has 2 heteroatoms. The molecule has 156 valence electrons. The van der Waals surface area contributed by atoms with Crippen LogP contribution in [-0.2, 0) is 6.42 Å². The van der Waals surface area contributed by atoms with Gasteiger partial charge in [-0.2, -0.15) is 0 Å². The highest BCUT2D eigenvalue weighted by Gasteiger charge is 2.15. The monoisotopic (exact) mass is 405 g/mol. The van der Waals surface area contributed by atoms with Crippen molar-refractivity contribution in [1.29, 1.82) is 0 Å². The molecule has 4 aromatic rings. The average molecular weight is 405 g/mol. The number of fused-ring (bicyclic) bond motifs is 1. The van der Waals surface area contributed by atoms with Gasteiger partial charge in [-0.3, -0.25) is 4.98 Å². The van der Waals surface area contributed by atoms with Crippen molar-refractivity contribution in [2.24, 2.45) is 5.41 Å². The van der Waals surface area contributed by atoms with Gasteiger partial charge in [-0.1, -0.05) is 89.2 Å². The molecular formula is C29H32BN. The molecule has 0 aliphatic rings. The molecule has 0 spiro atoms. The van der Waals surface area contributed by atoms with Crippen LogP contribution in [0.1, 0.15) is 51.7 Å². The second kappa shape index (κ2) is 8.34. The normalized spacial score (nSPS) is 11.9. The van der Waals surface area contributed by atoms with Gasteiger partial charge in [0.2, 0.25) is 0 Å². The summed E-state index contributed by atoms with van der Waals surface area (Å²) >= 11 is 0. The van der Waals surface area contributed by atoms with Crippen molar-refractivity contribution in [1.82, 2.24) is 4.98 Å². The Morgan fingerprint density at radius 2 is 1.52 bits per heavy atom. The van der Waals surface area contributed by atoms with Crippen LogP contribution in [0.5, 0.6) is 0 Å². The third kappa shape index (κ3) is 4.90. The molecule has 31 heavy (non-hydrogen) atoms. The van der Waals surface area contributed by atoms with Crippen LogP contribution >= 0.6 is 0 Å². The molecule has 0 aliphatic carbocycles. The lowest BCUT2D eigenvalue weighted by Crippen LogP contribution is -2.11. The van der Waals surface area contributed by atoms with Crippen LogP contribution in [0.15, 0.2) is 72.8 Å². The van der Waals surface area contributed by atoms with E-state index in [0.717, 1.165) is 17.7 Å². The zero-order valence-corrected chi connectivity index (χ0v) is 19.7. The van der Waals surface area contributed by atoms with Gasteiger partial charge < -0.3 is 0 Å². The predicted octanol–water partition coefficient (Wildman–Crippen LogP) is 6.54. The van der Waals surface area contributed by atoms with E-state index in [0.29, 0.717) is 5.92 Å². The first-order valence-corrected chi connectivity index (χ1v) is 11.3. The third-order valence-electron chi connectivity index (χ3n) is 5.76. The van der Waals surface area contributed by atoms with Crippen LogP contribution in [0.25, 0.3) is 33.2 Å². The Hall–Kier alpha value is -2.87. The highest BCUT2D eigenvalue weighted by atomic mass is 14.7. The van der Waals surface area contributed by atoms with Gasteiger partial charge >= 0.3 is 0 Å². The maximum Gasteiger partial charge on any atom is 0.163 e. The van der Waals surface area contributed by atoms with E-state index in [2.05, 4.69) is 115 Å². The maximum atomic E-state index is 5.01. The van der Waals surface area contributed by atoms with Crippen molar-refractivity contribution < 1.29 is 0 Å². The predicted molar refractivity (Wildman–Crippen MR) is 138 cm³/mol. The Balaban J connectivity index is 1.90. The van der Waals surface area contributed by atoms with Gasteiger partial charge in [0.1, 0.15) is 0 Å². The molecule has 3 aromatic carbocycles. The minimum absolute atomic E-state index is 0.273. The zero-order valence-electron chi connectivity index (χ0n) is 19.7.